The summed E-state index contributed by atoms with van der Waals surface area (Å²) in [6.07, 6.45) is 2.04. The predicted molar refractivity (Wildman–Crippen MR) is 87.8 cm³/mol. The average molecular weight is 293 g/mol. The molecule has 0 aliphatic carbocycles. The smallest absolute Gasteiger partial charge is 0.0972 e. The first kappa shape index (κ1) is 14.5. The van der Waals surface area contributed by atoms with Gasteiger partial charge in [0.2, 0.25) is 0 Å². The standard InChI is InChI=1S/C18H19N3O/c22-12-11-19-13-16-14-21(17-9-5-2-6-10-17)20-18(16)15-7-3-1-4-8-15/h1-10,14,19,22H,11-13H2. The molecule has 0 saturated heterocycles. The molecule has 3 rings (SSSR count). The van der Waals surface area contributed by atoms with Gasteiger partial charge < -0.3 is 10.4 Å². The molecule has 112 valence electrons. The molecule has 1 heterocycles. The third-order valence-electron chi connectivity index (χ3n) is 3.46. The maximum Gasteiger partial charge on any atom is 0.0972 e. The minimum absolute atomic E-state index is 0.132. The van der Waals surface area contributed by atoms with Crippen molar-refractivity contribution in [1.82, 2.24) is 15.1 Å². The largest absolute Gasteiger partial charge is 0.395 e. The number of aromatic nitrogens is 2. The van der Waals surface area contributed by atoms with Gasteiger partial charge in [-0.15, -0.1) is 0 Å². The van der Waals surface area contributed by atoms with Gasteiger partial charge in [-0.1, -0.05) is 48.5 Å². The number of aliphatic hydroxyl groups excluding tert-OH is 1. The Morgan fingerprint density at radius 3 is 2.32 bits per heavy atom. The number of nitrogens with zero attached hydrogens (tertiary/aromatic N) is 2. The van der Waals surface area contributed by atoms with Gasteiger partial charge in [0.25, 0.3) is 0 Å². The number of aliphatic hydroxyl groups is 1. The van der Waals surface area contributed by atoms with Crippen molar-refractivity contribution >= 4 is 0 Å². The normalized spacial score (nSPS) is 10.8. The van der Waals surface area contributed by atoms with Crippen molar-refractivity contribution in [2.45, 2.75) is 6.54 Å². The van der Waals surface area contributed by atoms with Crippen LogP contribution in [-0.4, -0.2) is 28.0 Å². The van der Waals surface area contributed by atoms with Gasteiger partial charge in [-0.25, -0.2) is 4.68 Å². The fraction of sp³-hybridized carbons (Fsp3) is 0.167. The van der Waals surface area contributed by atoms with Crippen LogP contribution in [0.5, 0.6) is 0 Å². The number of para-hydroxylation sites is 1. The second-order valence-electron chi connectivity index (χ2n) is 5.05. The predicted octanol–water partition coefficient (Wildman–Crippen LogP) is 2.62. The summed E-state index contributed by atoms with van der Waals surface area (Å²) in [5.41, 5.74) is 4.21. The Hall–Kier alpha value is -2.43. The summed E-state index contributed by atoms with van der Waals surface area (Å²) in [6, 6.07) is 20.2. The molecule has 0 atom stereocenters. The zero-order chi connectivity index (χ0) is 15.2. The van der Waals surface area contributed by atoms with Gasteiger partial charge in [-0.2, -0.15) is 5.10 Å². The Labute approximate surface area is 130 Å². The van der Waals surface area contributed by atoms with Gasteiger partial charge >= 0.3 is 0 Å². The first-order valence-corrected chi connectivity index (χ1v) is 7.39. The highest BCUT2D eigenvalue weighted by molar-refractivity contribution is 5.63. The summed E-state index contributed by atoms with van der Waals surface area (Å²) >= 11 is 0. The van der Waals surface area contributed by atoms with Gasteiger partial charge in [0, 0.05) is 30.4 Å². The third kappa shape index (κ3) is 3.24. The zero-order valence-electron chi connectivity index (χ0n) is 12.3. The van der Waals surface area contributed by atoms with Gasteiger partial charge in [0.15, 0.2) is 0 Å². The van der Waals surface area contributed by atoms with Crippen LogP contribution in [-0.2, 0) is 6.54 Å². The van der Waals surface area contributed by atoms with Crippen molar-refractivity contribution in [3.05, 3.63) is 72.4 Å². The van der Waals surface area contributed by atoms with E-state index in [0.29, 0.717) is 13.1 Å². The fourth-order valence-electron chi connectivity index (χ4n) is 2.39. The van der Waals surface area contributed by atoms with Crippen molar-refractivity contribution in [3.8, 4) is 16.9 Å². The van der Waals surface area contributed by atoms with Crippen molar-refractivity contribution in [1.29, 1.82) is 0 Å². The maximum absolute atomic E-state index is 8.93. The topological polar surface area (TPSA) is 50.1 Å². The lowest BCUT2D eigenvalue weighted by Gasteiger charge is -2.03. The summed E-state index contributed by atoms with van der Waals surface area (Å²) in [7, 11) is 0. The maximum atomic E-state index is 8.93. The SMILES string of the molecule is OCCNCc1cn(-c2ccccc2)nc1-c1ccccc1. The van der Waals surface area contributed by atoms with E-state index in [9.17, 15) is 0 Å². The molecule has 22 heavy (non-hydrogen) atoms. The highest BCUT2D eigenvalue weighted by atomic mass is 16.3. The quantitative estimate of drug-likeness (QED) is 0.687. The third-order valence-corrected chi connectivity index (χ3v) is 3.46. The van der Waals surface area contributed by atoms with Crippen molar-refractivity contribution in [2.75, 3.05) is 13.2 Å². The molecular formula is C18H19N3O. The highest BCUT2D eigenvalue weighted by Gasteiger charge is 2.11. The van der Waals surface area contributed by atoms with Gasteiger partial charge in [0.05, 0.1) is 18.0 Å². The Morgan fingerprint density at radius 2 is 1.64 bits per heavy atom. The van der Waals surface area contributed by atoms with Crippen molar-refractivity contribution in [3.63, 3.8) is 0 Å². The number of nitrogens with one attached hydrogen (secondary N) is 1. The van der Waals surface area contributed by atoms with Crippen LogP contribution in [0.2, 0.25) is 0 Å². The first-order valence-electron chi connectivity index (χ1n) is 7.39. The molecule has 1 aromatic heterocycles. The van der Waals surface area contributed by atoms with Crippen LogP contribution in [0.3, 0.4) is 0 Å². The van der Waals surface area contributed by atoms with Crippen LogP contribution in [0.1, 0.15) is 5.56 Å². The highest BCUT2D eigenvalue weighted by Crippen LogP contribution is 2.23. The lowest BCUT2D eigenvalue weighted by atomic mass is 10.1. The van der Waals surface area contributed by atoms with E-state index in [4.69, 9.17) is 10.2 Å². The van der Waals surface area contributed by atoms with E-state index in [1.54, 1.807) is 0 Å². The lowest BCUT2D eigenvalue weighted by Crippen LogP contribution is -2.17. The molecule has 0 radical (unpaired) electrons. The molecule has 0 aliphatic rings. The van der Waals surface area contributed by atoms with Crippen LogP contribution in [0, 0.1) is 0 Å². The van der Waals surface area contributed by atoms with E-state index in [1.165, 1.54) is 0 Å². The molecule has 0 saturated carbocycles. The zero-order valence-corrected chi connectivity index (χ0v) is 12.3. The average Bonchev–Trinajstić information content (AvgIpc) is 3.01. The molecule has 2 aromatic carbocycles. The number of hydrogen-bond donors (Lipinski definition) is 2. The number of hydrogen-bond acceptors (Lipinski definition) is 3. The molecule has 0 fully saturated rings. The second-order valence-corrected chi connectivity index (χ2v) is 5.05. The van der Waals surface area contributed by atoms with E-state index in [1.807, 2.05) is 59.4 Å². The van der Waals surface area contributed by atoms with Crippen LogP contribution >= 0.6 is 0 Å². The summed E-state index contributed by atoms with van der Waals surface area (Å²) in [6.45, 7) is 1.38. The van der Waals surface area contributed by atoms with E-state index >= 15 is 0 Å². The summed E-state index contributed by atoms with van der Waals surface area (Å²) in [5, 5.41) is 16.9. The Kier molecular flexibility index (Phi) is 4.63. The molecule has 2 N–H and O–H groups in total. The molecule has 0 aliphatic heterocycles. The first-order chi connectivity index (χ1) is 10.9. The minimum atomic E-state index is 0.132. The van der Waals surface area contributed by atoms with Crippen LogP contribution < -0.4 is 5.32 Å². The fourth-order valence-corrected chi connectivity index (χ4v) is 2.39. The monoisotopic (exact) mass is 293 g/mol. The molecule has 0 amide bonds. The Balaban J connectivity index is 1.97. The van der Waals surface area contributed by atoms with Gasteiger partial charge in [0.1, 0.15) is 0 Å². The minimum Gasteiger partial charge on any atom is -0.395 e. The Bertz CT molecular complexity index is 708. The molecule has 3 aromatic rings. The lowest BCUT2D eigenvalue weighted by molar-refractivity contribution is 0.292. The van der Waals surface area contributed by atoms with Crippen molar-refractivity contribution < 1.29 is 5.11 Å². The number of rotatable bonds is 6. The van der Waals surface area contributed by atoms with E-state index in [-0.39, 0.29) is 6.61 Å². The van der Waals surface area contributed by atoms with Gasteiger partial charge in [-0.05, 0) is 12.1 Å². The second kappa shape index (κ2) is 7.02. The van der Waals surface area contributed by atoms with Crippen LogP contribution in [0.25, 0.3) is 16.9 Å². The molecule has 0 spiro atoms. The van der Waals surface area contributed by atoms with Crippen LogP contribution in [0.4, 0.5) is 0 Å². The van der Waals surface area contributed by atoms with E-state index in [0.717, 1.165) is 22.5 Å². The molecule has 4 nitrogen and oxygen atoms in total. The molecule has 0 bridgehead atoms. The number of benzene rings is 2. The van der Waals surface area contributed by atoms with E-state index in [2.05, 4.69) is 17.4 Å². The van der Waals surface area contributed by atoms with Crippen LogP contribution in [0.15, 0.2) is 66.9 Å². The van der Waals surface area contributed by atoms with Gasteiger partial charge in [-0.3, -0.25) is 0 Å². The summed E-state index contributed by atoms with van der Waals surface area (Å²) in [4.78, 5) is 0. The molecule has 0 unspecified atom stereocenters. The molecular weight excluding hydrogens is 274 g/mol. The van der Waals surface area contributed by atoms with E-state index < -0.39 is 0 Å². The summed E-state index contributed by atoms with van der Waals surface area (Å²) in [5.74, 6) is 0. The van der Waals surface area contributed by atoms with Crippen molar-refractivity contribution in [2.24, 2.45) is 0 Å². The Morgan fingerprint density at radius 1 is 0.955 bits per heavy atom. The summed E-state index contributed by atoms with van der Waals surface area (Å²) < 4.78 is 1.90. The molecule has 4 heteroatoms.